The largest absolute Gasteiger partial charge is 0.504 e. The van der Waals surface area contributed by atoms with Crippen molar-refractivity contribution in [1.82, 2.24) is 15.5 Å². The van der Waals surface area contributed by atoms with Crippen molar-refractivity contribution in [3.63, 3.8) is 0 Å². The number of nitrogens with zero attached hydrogens (tertiary/aromatic N) is 2. The molecule has 1 unspecified atom stereocenters. The number of hydrogen-bond acceptors (Lipinski definition) is 4. The number of amides is 1. The van der Waals surface area contributed by atoms with E-state index in [0.717, 1.165) is 56.8 Å². The van der Waals surface area contributed by atoms with Crippen molar-refractivity contribution in [3.05, 3.63) is 23.8 Å². The Morgan fingerprint density at radius 3 is 2.77 bits per heavy atom. The molecule has 1 aromatic carbocycles. The highest BCUT2D eigenvalue weighted by Gasteiger charge is 2.32. The molecule has 8 heteroatoms. The second kappa shape index (κ2) is 12.2. The highest BCUT2D eigenvalue weighted by molar-refractivity contribution is 14.0. The summed E-state index contributed by atoms with van der Waals surface area (Å²) in [4.78, 5) is 19.3. The molecule has 1 amide bonds. The molecule has 0 spiro atoms. The van der Waals surface area contributed by atoms with Crippen LogP contribution in [0.15, 0.2) is 23.2 Å². The molecule has 1 heterocycles. The summed E-state index contributed by atoms with van der Waals surface area (Å²) in [6.07, 6.45) is 6.20. The van der Waals surface area contributed by atoms with E-state index in [1.165, 1.54) is 12.8 Å². The Morgan fingerprint density at radius 2 is 2.07 bits per heavy atom. The van der Waals surface area contributed by atoms with E-state index in [-0.39, 0.29) is 41.7 Å². The SMILES string of the molecule is CCNC(=NCCc1ccc(O)c(OC)c1)NC1CCN(C(=O)C2CCCC2)C1.I. The zero-order chi connectivity index (χ0) is 20.6. The molecule has 2 aliphatic rings. The van der Waals surface area contributed by atoms with Crippen LogP contribution in [0.2, 0.25) is 0 Å². The van der Waals surface area contributed by atoms with Crippen LogP contribution in [-0.2, 0) is 11.2 Å². The van der Waals surface area contributed by atoms with E-state index < -0.39 is 0 Å². The Kier molecular flexibility index (Phi) is 10.0. The number of aromatic hydroxyl groups is 1. The lowest BCUT2D eigenvalue weighted by Crippen LogP contribution is -2.45. The number of phenolic OH excluding ortho intramolecular Hbond substituents is 1. The van der Waals surface area contributed by atoms with Crippen LogP contribution in [0, 0.1) is 5.92 Å². The first-order chi connectivity index (χ1) is 14.1. The normalized spacial score (nSPS) is 19.5. The summed E-state index contributed by atoms with van der Waals surface area (Å²) in [7, 11) is 1.55. The van der Waals surface area contributed by atoms with Gasteiger partial charge in [-0.3, -0.25) is 9.79 Å². The van der Waals surface area contributed by atoms with Crippen LogP contribution in [0.1, 0.15) is 44.6 Å². The number of hydrogen-bond donors (Lipinski definition) is 3. The van der Waals surface area contributed by atoms with Gasteiger partial charge in [0.05, 0.1) is 7.11 Å². The van der Waals surface area contributed by atoms with Crippen LogP contribution in [-0.4, -0.2) is 61.2 Å². The molecule has 30 heavy (non-hydrogen) atoms. The Bertz CT molecular complexity index is 722. The van der Waals surface area contributed by atoms with Gasteiger partial charge in [-0.05, 0) is 50.3 Å². The second-order valence-corrected chi connectivity index (χ2v) is 7.91. The lowest BCUT2D eigenvalue weighted by molar-refractivity contribution is -0.134. The fourth-order valence-corrected chi connectivity index (χ4v) is 4.20. The molecule has 0 aromatic heterocycles. The maximum atomic E-state index is 12.6. The summed E-state index contributed by atoms with van der Waals surface area (Å²) >= 11 is 0. The molecule has 0 bridgehead atoms. The minimum Gasteiger partial charge on any atom is -0.504 e. The van der Waals surface area contributed by atoms with Gasteiger partial charge in [0.25, 0.3) is 0 Å². The first-order valence-corrected chi connectivity index (χ1v) is 10.8. The van der Waals surface area contributed by atoms with E-state index in [2.05, 4.69) is 15.6 Å². The second-order valence-electron chi connectivity index (χ2n) is 7.91. The smallest absolute Gasteiger partial charge is 0.225 e. The van der Waals surface area contributed by atoms with E-state index in [1.54, 1.807) is 13.2 Å². The standard InChI is InChI=1S/C22H34N4O3.HI/c1-3-23-22(24-12-10-16-8-9-19(27)20(14-16)29-2)25-18-11-13-26(15-18)21(28)17-6-4-5-7-17;/h8-9,14,17-18,27H,3-7,10-13,15H2,1-2H3,(H2,23,24,25);1H. The van der Waals surface area contributed by atoms with Crippen molar-refractivity contribution >= 4 is 35.8 Å². The Morgan fingerprint density at radius 1 is 1.30 bits per heavy atom. The summed E-state index contributed by atoms with van der Waals surface area (Å²) < 4.78 is 5.16. The molecular formula is C22H35IN4O3. The van der Waals surface area contributed by atoms with Crippen LogP contribution >= 0.6 is 24.0 Å². The number of benzene rings is 1. The molecule has 3 N–H and O–H groups in total. The van der Waals surface area contributed by atoms with Crippen LogP contribution < -0.4 is 15.4 Å². The van der Waals surface area contributed by atoms with E-state index in [0.29, 0.717) is 18.2 Å². The van der Waals surface area contributed by atoms with Gasteiger partial charge in [0, 0.05) is 38.1 Å². The Hall–Kier alpha value is -1.71. The number of carbonyl (C=O) groups excluding carboxylic acids is 1. The van der Waals surface area contributed by atoms with Gasteiger partial charge < -0.3 is 25.4 Å². The van der Waals surface area contributed by atoms with Gasteiger partial charge in [0.1, 0.15) is 0 Å². The number of guanidine groups is 1. The predicted molar refractivity (Wildman–Crippen MR) is 130 cm³/mol. The summed E-state index contributed by atoms with van der Waals surface area (Å²) in [6, 6.07) is 5.62. The molecule has 7 nitrogen and oxygen atoms in total. The summed E-state index contributed by atoms with van der Waals surface area (Å²) in [5.41, 5.74) is 1.06. The van der Waals surface area contributed by atoms with E-state index >= 15 is 0 Å². The number of methoxy groups -OCH3 is 1. The van der Waals surface area contributed by atoms with E-state index in [1.807, 2.05) is 24.0 Å². The van der Waals surface area contributed by atoms with Gasteiger partial charge in [-0.2, -0.15) is 0 Å². The van der Waals surface area contributed by atoms with Gasteiger partial charge in [0.2, 0.25) is 5.91 Å². The highest BCUT2D eigenvalue weighted by atomic mass is 127. The third-order valence-corrected chi connectivity index (χ3v) is 5.80. The average Bonchev–Trinajstić information content (AvgIpc) is 3.41. The average molecular weight is 530 g/mol. The van der Waals surface area contributed by atoms with Gasteiger partial charge in [-0.15, -0.1) is 24.0 Å². The monoisotopic (exact) mass is 530 g/mol. The fourth-order valence-electron chi connectivity index (χ4n) is 4.20. The number of likely N-dealkylation sites (tertiary alicyclic amines) is 1. The van der Waals surface area contributed by atoms with Crippen LogP contribution in [0.4, 0.5) is 0 Å². The van der Waals surface area contributed by atoms with Crippen molar-refractivity contribution < 1.29 is 14.6 Å². The first kappa shape index (κ1) is 24.6. The van der Waals surface area contributed by atoms with Crippen molar-refractivity contribution in [2.75, 3.05) is 33.3 Å². The number of nitrogens with one attached hydrogen (secondary N) is 2. The molecule has 1 aliphatic heterocycles. The number of rotatable bonds is 7. The molecule has 168 valence electrons. The van der Waals surface area contributed by atoms with E-state index in [9.17, 15) is 9.90 Å². The molecule has 1 atom stereocenters. The van der Waals surface area contributed by atoms with Crippen LogP contribution in [0.5, 0.6) is 11.5 Å². The molecular weight excluding hydrogens is 495 g/mol. The number of halogens is 1. The number of ether oxygens (including phenoxy) is 1. The fraction of sp³-hybridized carbons (Fsp3) is 0.636. The maximum Gasteiger partial charge on any atom is 0.225 e. The third-order valence-electron chi connectivity index (χ3n) is 5.80. The zero-order valence-corrected chi connectivity index (χ0v) is 20.4. The maximum absolute atomic E-state index is 12.6. The van der Waals surface area contributed by atoms with Gasteiger partial charge in [-0.25, -0.2) is 0 Å². The summed E-state index contributed by atoms with van der Waals surface area (Å²) in [6.45, 7) is 5.05. The molecule has 1 saturated carbocycles. The molecule has 0 radical (unpaired) electrons. The number of carbonyl (C=O) groups is 1. The molecule has 1 aromatic rings. The summed E-state index contributed by atoms with van der Waals surface area (Å²) in [5.74, 6) is 2.01. The third kappa shape index (κ3) is 6.65. The molecule has 1 aliphatic carbocycles. The van der Waals surface area contributed by atoms with Gasteiger partial charge in [-0.1, -0.05) is 18.9 Å². The topological polar surface area (TPSA) is 86.2 Å². The van der Waals surface area contributed by atoms with E-state index in [4.69, 9.17) is 4.74 Å². The van der Waals surface area contributed by atoms with Crippen molar-refractivity contribution in [3.8, 4) is 11.5 Å². The minimum absolute atomic E-state index is 0. The van der Waals surface area contributed by atoms with Gasteiger partial charge >= 0.3 is 0 Å². The van der Waals surface area contributed by atoms with Crippen molar-refractivity contribution in [1.29, 1.82) is 0 Å². The molecule has 2 fully saturated rings. The van der Waals surface area contributed by atoms with Crippen LogP contribution in [0.25, 0.3) is 0 Å². The van der Waals surface area contributed by atoms with Crippen molar-refractivity contribution in [2.24, 2.45) is 10.9 Å². The lowest BCUT2D eigenvalue weighted by atomic mass is 10.1. The quantitative estimate of drug-likeness (QED) is 0.287. The molecule has 3 rings (SSSR count). The number of phenols is 1. The van der Waals surface area contributed by atoms with Crippen molar-refractivity contribution in [2.45, 2.75) is 51.5 Å². The highest BCUT2D eigenvalue weighted by Crippen LogP contribution is 2.28. The lowest BCUT2D eigenvalue weighted by Gasteiger charge is -2.21. The molecule has 1 saturated heterocycles. The Labute approximate surface area is 196 Å². The predicted octanol–water partition coefficient (Wildman–Crippen LogP) is 2.91. The van der Waals surface area contributed by atoms with Gasteiger partial charge in [0.15, 0.2) is 17.5 Å². The van der Waals surface area contributed by atoms with Crippen LogP contribution in [0.3, 0.4) is 0 Å². The Balaban J connectivity index is 0.00000320. The number of aliphatic imine (C=N–C) groups is 1. The minimum atomic E-state index is 0. The summed E-state index contributed by atoms with van der Waals surface area (Å²) in [5, 5.41) is 16.5. The zero-order valence-electron chi connectivity index (χ0n) is 18.0. The first-order valence-electron chi connectivity index (χ1n) is 10.8.